The smallest absolute Gasteiger partial charge is 0.0366 e. The molecule has 0 amide bonds. The summed E-state index contributed by atoms with van der Waals surface area (Å²) >= 11 is 0. The molecule has 1 N–H and O–H groups in total. The SMILES string of the molecule is CCNC(c1cnccc1C)C1CCCCC1. The van der Waals surface area contributed by atoms with Gasteiger partial charge >= 0.3 is 0 Å². The van der Waals surface area contributed by atoms with E-state index in [1.165, 1.54) is 43.2 Å². The molecular formula is C15H24N2. The first-order valence-electron chi connectivity index (χ1n) is 6.96. The van der Waals surface area contributed by atoms with Gasteiger partial charge in [0.15, 0.2) is 0 Å². The maximum atomic E-state index is 4.30. The van der Waals surface area contributed by atoms with E-state index in [0.29, 0.717) is 6.04 Å². The third kappa shape index (κ3) is 3.06. The molecule has 1 fully saturated rings. The molecule has 0 radical (unpaired) electrons. The molecule has 1 unspecified atom stereocenters. The fourth-order valence-corrected chi connectivity index (χ4v) is 3.02. The highest BCUT2D eigenvalue weighted by molar-refractivity contribution is 5.25. The number of aromatic nitrogens is 1. The van der Waals surface area contributed by atoms with Crippen molar-refractivity contribution in [2.75, 3.05) is 6.54 Å². The van der Waals surface area contributed by atoms with Crippen LogP contribution in [0.1, 0.15) is 56.2 Å². The Hall–Kier alpha value is -0.890. The zero-order valence-corrected chi connectivity index (χ0v) is 11.1. The Balaban J connectivity index is 2.18. The van der Waals surface area contributed by atoms with Gasteiger partial charge in [-0.2, -0.15) is 0 Å². The Morgan fingerprint density at radius 3 is 2.76 bits per heavy atom. The van der Waals surface area contributed by atoms with Crippen molar-refractivity contribution in [3.63, 3.8) is 0 Å². The van der Waals surface area contributed by atoms with Gasteiger partial charge in [0.2, 0.25) is 0 Å². The molecule has 94 valence electrons. The lowest BCUT2D eigenvalue weighted by Crippen LogP contribution is -2.30. The molecule has 2 heteroatoms. The number of aryl methyl sites for hydroxylation is 1. The van der Waals surface area contributed by atoms with Crippen LogP contribution in [0.4, 0.5) is 0 Å². The zero-order valence-electron chi connectivity index (χ0n) is 11.1. The second-order valence-electron chi connectivity index (χ2n) is 5.17. The molecule has 1 aliphatic rings. The Morgan fingerprint density at radius 2 is 2.12 bits per heavy atom. The molecule has 0 saturated heterocycles. The molecule has 1 aromatic heterocycles. The summed E-state index contributed by atoms with van der Waals surface area (Å²) in [4.78, 5) is 4.30. The summed E-state index contributed by atoms with van der Waals surface area (Å²) in [6, 6.07) is 2.64. The number of nitrogens with zero attached hydrogens (tertiary/aromatic N) is 1. The number of pyridine rings is 1. The lowest BCUT2D eigenvalue weighted by Gasteiger charge is -2.31. The molecule has 1 aromatic rings. The van der Waals surface area contributed by atoms with E-state index in [1.807, 2.05) is 6.20 Å². The van der Waals surface area contributed by atoms with Crippen molar-refractivity contribution >= 4 is 0 Å². The van der Waals surface area contributed by atoms with E-state index < -0.39 is 0 Å². The van der Waals surface area contributed by atoms with Crippen molar-refractivity contribution < 1.29 is 0 Å². The Labute approximate surface area is 105 Å². The standard InChI is InChI=1S/C15H24N2/c1-3-17-15(13-7-5-4-6-8-13)14-11-16-10-9-12(14)2/h9-11,13,15,17H,3-8H2,1-2H3. The van der Waals surface area contributed by atoms with E-state index in [9.17, 15) is 0 Å². The molecule has 17 heavy (non-hydrogen) atoms. The Morgan fingerprint density at radius 1 is 1.35 bits per heavy atom. The molecule has 1 aliphatic carbocycles. The van der Waals surface area contributed by atoms with Crippen LogP contribution in [0, 0.1) is 12.8 Å². The third-order valence-corrected chi connectivity index (χ3v) is 3.96. The highest BCUT2D eigenvalue weighted by atomic mass is 14.9. The fourth-order valence-electron chi connectivity index (χ4n) is 3.02. The molecule has 0 aliphatic heterocycles. The van der Waals surface area contributed by atoms with Crippen molar-refractivity contribution in [1.29, 1.82) is 0 Å². The summed E-state index contributed by atoms with van der Waals surface area (Å²) in [6.45, 7) is 5.43. The van der Waals surface area contributed by atoms with Crippen LogP contribution in [-0.2, 0) is 0 Å². The van der Waals surface area contributed by atoms with Crippen LogP contribution in [-0.4, -0.2) is 11.5 Å². The van der Waals surface area contributed by atoms with Gasteiger partial charge in [0.05, 0.1) is 0 Å². The number of hydrogen-bond donors (Lipinski definition) is 1. The topological polar surface area (TPSA) is 24.9 Å². The number of rotatable bonds is 4. The third-order valence-electron chi connectivity index (χ3n) is 3.96. The lowest BCUT2D eigenvalue weighted by atomic mass is 9.80. The van der Waals surface area contributed by atoms with Crippen molar-refractivity contribution in [1.82, 2.24) is 10.3 Å². The quantitative estimate of drug-likeness (QED) is 0.857. The summed E-state index contributed by atoms with van der Waals surface area (Å²) in [6.07, 6.45) is 10.9. The van der Waals surface area contributed by atoms with Crippen LogP contribution in [0.3, 0.4) is 0 Å². The highest BCUT2D eigenvalue weighted by Gasteiger charge is 2.25. The molecule has 0 bridgehead atoms. The largest absolute Gasteiger partial charge is 0.310 e. The minimum atomic E-state index is 0.508. The first-order chi connectivity index (χ1) is 8.33. The Bertz CT molecular complexity index is 343. The monoisotopic (exact) mass is 232 g/mol. The van der Waals surface area contributed by atoms with Crippen LogP contribution < -0.4 is 5.32 Å². The summed E-state index contributed by atoms with van der Waals surface area (Å²) in [5.74, 6) is 0.798. The molecule has 0 aromatic carbocycles. The molecule has 1 heterocycles. The van der Waals surface area contributed by atoms with E-state index in [-0.39, 0.29) is 0 Å². The van der Waals surface area contributed by atoms with E-state index in [4.69, 9.17) is 0 Å². The van der Waals surface area contributed by atoms with Crippen LogP contribution in [0.2, 0.25) is 0 Å². The summed E-state index contributed by atoms with van der Waals surface area (Å²) in [5, 5.41) is 3.67. The van der Waals surface area contributed by atoms with Crippen LogP contribution in [0.15, 0.2) is 18.5 Å². The molecule has 1 saturated carbocycles. The fraction of sp³-hybridized carbons (Fsp3) is 0.667. The van der Waals surface area contributed by atoms with Crippen molar-refractivity contribution in [3.8, 4) is 0 Å². The average Bonchev–Trinajstić information content (AvgIpc) is 2.38. The van der Waals surface area contributed by atoms with Gasteiger partial charge in [-0.1, -0.05) is 26.2 Å². The molecular weight excluding hydrogens is 208 g/mol. The number of nitrogens with one attached hydrogen (secondary N) is 1. The minimum Gasteiger partial charge on any atom is -0.310 e. The van der Waals surface area contributed by atoms with E-state index in [2.05, 4.69) is 36.4 Å². The van der Waals surface area contributed by atoms with E-state index >= 15 is 0 Å². The predicted octanol–water partition coefficient (Wildman–Crippen LogP) is 3.62. The van der Waals surface area contributed by atoms with E-state index in [0.717, 1.165) is 12.5 Å². The summed E-state index contributed by atoms with van der Waals surface area (Å²) in [5.41, 5.74) is 2.78. The van der Waals surface area contributed by atoms with Gasteiger partial charge in [-0.15, -0.1) is 0 Å². The van der Waals surface area contributed by atoms with E-state index in [1.54, 1.807) is 0 Å². The normalized spacial score (nSPS) is 19.2. The second-order valence-corrected chi connectivity index (χ2v) is 5.17. The van der Waals surface area contributed by atoms with Gasteiger partial charge in [-0.3, -0.25) is 4.98 Å². The minimum absolute atomic E-state index is 0.508. The molecule has 2 rings (SSSR count). The number of hydrogen-bond acceptors (Lipinski definition) is 2. The zero-order chi connectivity index (χ0) is 12.1. The predicted molar refractivity (Wildman–Crippen MR) is 72.0 cm³/mol. The van der Waals surface area contributed by atoms with Gasteiger partial charge in [-0.25, -0.2) is 0 Å². The van der Waals surface area contributed by atoms with Gasteiger partial charge in [-0.05, 0) is 49.4 Å². The van der Waals surface area contributed by atoms with Gasteiger partial charge in [0.1, 0.15) is 0 Å². The van der Waals surface area contributed by atoms with Crippen LogP contribution in [0.25, 0.3) is 0 Å². The molecule has 1 atom stereocenters. The summed E-state index contributed by atoms with van der Waals surface area (Å²) in [7, 11) is 0. The summed E-state index contributed by atoms with van der Waals surface area (Å²) < 4.78 is 0. The molecule has 2 nitrogen and oxygen atoms in total. The lowest BCUT2D eigenvalue weighted by molar-refractivity contribution is 0.273. The molecule has 0 spiro atoms. The van der Waals surface area contributed by atoms with Gasteiger partial charge in [0.25, 0.3) is 0 Å². The van der Waals surface area contributed by atoms with Gasteiger partial charge in [0, 0.05) is 18.4 Å². The maximum absolute atomic E-state index is 4.30. The van der Waals surface area contributed by atoms with Crippen molar-refractivity contribution in [2.24, 2.45) is 5.92 Å². The van der Waals surface area contributed by atoms with Crippen molar-refractivity contribution in [2.45, 2.75) is 52.0 Å². The van der Waals surface area contributed by atoms with Gasteiger partial charge < -0.3 is 5.32 Å². The van der Waals surface area contributed by atoms with Crippen LogP contribution >= 0.6 is 0 Å². The maximum Gasteiger partial charge on any atom is 0.0366 e. The van der Waals surface area contributed by atoms with Crippen molar-refractivity contribution in [3.05, 3.63) is 29.6 Å². The Kier molecular flexibility index (Phi) is 4.55. The highest BCUT2D eigenvalue weighted by Crippen LogP contribution is 2.35. The second kappa shape index (κ2) is 6.15. The van der Waals surface area contributed by atoms with Crippen LogP contribution in [0.5, 0.6) is 0 Å². The first-order valence-corrected chi connectivity index (χ1v) is 6.96. The first kappa shape index (κ1) is 12.6. The average molecular weight is 232 g/mol.